The molecule has 1 saturated carbocycles. The quantitative estimate of drug-likeness (QED) is 0.830. The van der Waals surface area contributed by atoms with Crippen LogP contribution in [-0.2, 0) is 16.0 Å². The molecule has 1 aliphatic carbocycles. The number of benzene rings is 1. The minimum atomic E-state index is -4.80. The van der Waals surface area contributed by atoms with Crippen LogP contribution < -0.4 is 4.74 Å². The maximum absolute atomic E-state index is 13.6. The van der Waals surface area contributed by atoms with Crippen molar-refractivity contribution in [3.8, 4) is 17.0 Å². The Kier molecular flexibility index (Phi) is 4.94. The molecule has 0 unspecified atom stereocenters. The van der Waals surface area contributed by atoms with E-state index in [0.717, 1.165) is 12.7 Å². The van der Waals surface area contributed by atoms with Crippen molar-refractivity contribution in [2.45, 2.75) is 35.9 Å². The van der Waals surface area contributed by atoms with Crippen molar-refractivity contribution in [2.75, 3.05) is 12.9 Å². The molecule has 146 valence electrons. The Hall–Kier alpha value is -2.13. The highest BCUT2D eigenvalue weighted by Gasteiger charge is 2.40. The van der Waals surface area contributed by atoms with Crippen molar-refractivity contribution in [3.05, 3.63) is 42.1 Å². The second-order valence-electron chi connectivity index (χ2n) is 6.68. The molecule has 0 atom stereocenters. The summed E-state index contributed by atoms with van der Waals surface area (Å²) < 4.78 is 70.8. The largest absolute Gasteiger partial charge is 0.474 e. The molecule has 9 heteroatoms. The summed E-state index contributed by atoms with van der Waals surface area (Å²) in [6.45, 7) is -0.234. The minimum Gasteiger partial charge on any atom is -0.474 e. The van der Waals surface area contributed by atoms with Gasteiger partial charge in [0.1, 0.15) is 11.5 Å². The van der Waals surface area contributed by atoms with Crippen LogP contribution in [0.25, 0.3) is 11.1 Å². The van der Waals surface area contributed by atoms with E-state index in [0.29, 0.717) is 19.0 Å². The second kappa shape index (κ2) is 6.79. The molecular formula is C18H18F3NO4S. The van der Waals surface area contributed by atoms with Gasteiger partial charge in [0.05, 0.1) is 11.2 Å². The maximum atomic E-state index is 13.6. The zero-order chi connectivity index (χ0) is 19.9. The van der Waals surface area contributed by atoms with Gasteiger partial charge in [-0.1, -0.05) is 30.3 Å². The number of sulfone groups is 1. The molecule has 1 aromatic carbocycles. The van der Waals surface area contributed by atoms with Gasteiger partial charge in [0.25, 0.3) is 0 Å². The minimum absolute atomic E-state index is 0.0832. The third-order valence-corrected chi connectivity index (χ3v) is 5.62. The molecule has 1 N–H and O–H groups in total. The Morgan fingerprint density at radius 3 is 2.33 bits per heavy atom. The van der Waals surface area contributed by atoms with Gasteiger partial charge in [-0.2, -0.15) is 13.2 Å². The number of hydrogen-bond acceptors (Lipinski definition) is 5. The predicted molar refractivity (Wildman–Crippen MR) is 92.1 cm³/mol. The number of rotatable bonds is 5. The zero-order valence-electron chi connectivity index (χ0n) is 14.5. The van der Waals surface area contributed by atoms with Crippen molar-refractivity contribution < 1.29 is 31.4 Å². The van der Waals surface area contributed by atoms with Crippen LogP contribution in [0, 0.1) is 0 Å². The molecule has 0 saturated heterocycles. The first-order valence-corrected chi connectivity index (χ1v) is 10.1. The number of hydrogen-bond donors (Lipinski definition) is 1. The summed E-state index contributed by atoms with van der Waals surface area (Å²) in [5.41, 5.74) is -2.69. The topological polar surface area (TPSA) is 76.5 Å². The van der Waals surface area contributed by atoms with Crippen LogP contribution in [0.1, 0.15) is 24.8 Å². The average Bonchev–Trinajstić information content (AvgIpc) is 2.56. The van der Waals surface area contributed by atoms with E-state index in [9.17, 15) is 26.7 Å². The van der Waals surface area contributed by atoms with Gasteiger partial charge in [0.2, 0.25) is 5.88 Å². The molecule has 1 aromatic heterocycles. The molecular weight excluding hydrogens is 383 g/mol. The monoisotopic (exact) mass is 401 g/mol. The van der Waals surface area contributed by atoms with Crippen molar-refractivity contribution >= 4 is 9.84 Å². The fourth-order valence-electron chi connectivity index (χ4n) is 2.96. The summed E-state index contributed by atoms with van der Waals surface area (Å²) >= 11 is 0. The summed E-state index contributed by atoms with van der Waals surface area (Å²) in [4.78, 5) is 2.99. The third kappa shape index (κ3) is 4.08. The van der Waals surface area contributed by atoms with E-state index in [-0.39, 0.29) is 12.2 Å². The molecule has 2 aromatic rings. The molecule has 1 fully saturated rings. The Bertz CT molecular complexity index is 939. The van der Waals surface area contributed by atoms with E-state index in [1.807, 2.05) is 0 Å². The standard InChI is InChI=1S/C18H18F3NO4S/c1-27(24,25)15-14(12-6-3-2-4-7-12)13(18(19,20)21)10-22-16(15)26-11-17(23)8-5-9-17/h2-4,6-7,10,23H,5,8-9,11H2,1H3. The lowest BCUT2D eigenvalue weighted by Crippen LogP contribution is -2.42. The number of aliphatic hydroxyl groups is 1. The van der Waals surface area contributed by atoms with Crippen LogP contribution >= 0.6 is 0 Å². The summed E-state index contributed by atoms with van der Waals surface area (Å²) in [6, 6.07) is 7.42. The van der Waals surface area contributed by atoms with Crippen molar-refractivity contribution in [3.63, 3.8) is 0 Å². The van der Waals surface area contributed by atoms with Crippen LogP contribution in [0.5, 0.6) is 5.88 Å². The predicted octanol–water partition coefficient (Wildman–Crippen LogP) is 3.46. The van der Waals surface area contributed by atoms with Gasteiger partial charge in [-0.25, -0.2) is 13.4 Å². The van der Waals surface area contributed by atoms with E-state index in [4.69, 9.17) is 4.74 Å². The molecule has 5 nitrogen and oxygen atoms in total. The zero-order valence-corrected chi connectivity index (χ0v) is 15.3. The average molecular weight is 401 g/mol. The smallest absolute Gasteiger partial charge is 0.418 e. The number of pyridine rings is 1. The van der Waals surface area contributed by atoms with Crippen molar-refractivity contribution in [2.24, 2.45) is 0 Å². The summed E-state index contributed by atoms with van der Waals surface area (Å²) in [5, 5.41) is 10.2. The van der Waals surface area contributed by atoms with E-state index < -0.39 is 43.5 Å². The third-order valence-electron chi connectivity index (χ3n) is 4.50. The SMILES string of the molecule is CS(=O)(=O)c1c(OCC2(O)CCC2)ncc(C(F)(F)F)c1-c1ccccc1. The van der Waals surface area contributed by atoms with Crippen LogP contribution in [0.15, 0.2) is 41.4 Å². The van der Waals surface area contributed by atoms with Gasteiger partial charge < -0.3 is 9.84 Å². The molecule has 27 heavy (non-hydrogen) atoms. The number of ether oxygens (including phenoxy) is 1. The number of alkyl halides is 3. The Morgan fingerprint density at radius 1 is 1.22 bits per heavy atom. The lowest BCUT2D eigenvalue weighted by atomic mass is 9.81. The Labute approximate surface area is 154 Å². The molecule has 0 radical (unpaired) electrons. The van der Waals surface area contributed by atoms with Gasteiger partial charge in [-0.3, -0.25) is 0 Å². The fourth-order valence-corrected chi connectivity index (χ4v) is 3.99. The summed E-state index contributed by atoms with van der Waals surface area (Å²) in [7, 11) is -4.12. The molecule has 3 rings (SSSR count). The lowest BCUT2D eigenvalue weighted by Gasteiger charge is -2.36. The first-order valence-electron chi connectivity index (χ1n) is 8.22. The van der Waals surface area contributed by atoms with Crippen LogP contribution in [0.3, 0.4) is 0 Å². The van der Waals surface area contributed by atoms with Crippen molar-refractivity contribution in [1.29, 1.82) is 0 Å². The summed E-state index contributed by atoms with van der Waals surface area (Å²) in [6.07, 6.45) is -1.67. The van der Waals surface area contributed by atoms with Crippen molar-refractivity contribution in [1.82, 2.24) is 4.98 Å². The van der Waals surface area contributed by atoms with Crippen LogP contribution in [0.4, 0.5) is 13.2 Å². The van der Waals surface area contributed by atoms with Gasteiger partial charge in [-0.05, 0) is 24.8 Å². The highest BCUT2D eigenvalue weighted by Crippen LogP contribution is 2.43. The van der Waals surface area contributed by atoms with Gasteiger partial charge in [-0.15, -0.1) is 0 Å². The molecule has 0 spiro atoms. The lowest BCUT2D eigenvalue weighted by molar-refractivity contribution is -0.137. The molecule has 1 heterocycles. The van der Waals surface area contributed by atoms with E-state index in [2.05, 4.69) is 4.98 Å². The van der Waals surface area contributed by atoms with Gasteiger partial charge in [0.15, 0.2) is 9.84 Å². The van der Waals surface area contributed by atoms with E-state index >= 15 is 0 Å². The highest BCUT2D eigenvalue weighted by atomic mass is 32.2. The first-order chi connectivity index (χ1) is 12.5. The summed E-state index contributed by atoms with van der Waals surface area (Å²) in [5.74, 6) is -0.440. The number of nitrogens with zero attached hydrogens (tertiary/aromatic N) is 1. The Balaban J connectivity index is 2.21. The highest BCUT2D eigenvalue weighted by molar-refractivity contribution is 7.91. The van der Waals surface area contributed by atoms with Crippen LogP contribution in [0.2, 0.25) is 0 Å². The fraction of sp³-hybridized carbons (Fsp3) is 0.389. The first kappa shape index (κ1) is 19.6. The molecule has 1 aliphatic rings. The normalized spacial score (nSPS) is 16.6. The van der Waals surface area contributed by atoms with E-state index in [1.54, 1.807) is 6.07 Å². The number of aromatic nitrogens is 1. The molecule has 0 aliphatic heterocycles. The van der Waals surface area contributed by atoms with E-state index in [1.165, 1.54) is 24.3 Å². The maximum Gasteiger partial charge on any atom is 0.418 e. The number of halogens is 3. The van der Waals surface area contributed by atoms with Gasteiger partial charge in [0, 0.05) is 18.0 Å². The van der Waals surface area contributed by atoms with Gasteiger partial charge >= 0.3 is 6.18 Å². The molecule has 0 bridgehead atoms. The molecule has 0 amide bonds. The second-order valence-corrected chi connectivity index (χ2v) is 8.64. The van der Waals surface area contributed by atoms with Crippen LogP contribution in [-0.4, -0.2) is 37.0 Å². The Morgan fingerprint density at radius 2 is 1.85 bits per heavy atom.